The molecule has 0 radical (unpaired) electrons. The lowest BCUT2D eigenvalue weighted by molar-refractivity contribution is 0.0943. The summed E-state index contributed by atoms with van der Waals surface area (Å²) in [5.74, 6) is 0.681. The Labute approximate surface area is 102 Å². The number of benzene rings is 1. The first-order valence-electron chi connectivity index (χ1n) is 5.67. The minimum atomic E-state index is -0.0635. The monoisotopic (exact) mass is 233 g/mol. The molecule has 92 valence electrons. The molecule has 0 spiro atoms. The SMILES string of the molecule is C=C(C)COc1ccc(C(=O)NC(C)C)cc1. The average molecular weight is 233 g/mol. The highest BCUT2D eigenvalue weighted by atomic mass is 16.5. The van der Waals surface area contributed by atoms with Gasteiger partial charge in [0.05, 0.1) is 0 Å². The van der Waals surface area contributed by atoms with Crippen molar-refractivity contribution >= 4 is 5.91 Å². The van der Waals surface area contributed by atoms with E-state index in [-0.39, 0.29) is 11.9 Å². The fraction of sp³-hybridized carbons (Fsp3) is 0.357. The molecule has 0 fully saturated rings. The Morgan fingerprint density at radius 1 is 1.35 bits per heavy atom. The maximum atomic E-state index is 11.7. The van der Waals surface area contributed by atoms with Gasteiger partial charge in [0.2, 0.25) is 0 Å². The summed E-state index contributed by atoms with van der Waals surface area (Å²) in [5.41, 5.74) is 1.60. The van der Waals surface area contributed by atoms with E-state index in [2.05, 4.69) is 11.9 Å². The normalized spacial score (nSPS) is 10.1. The zero-order valence-corrected chi connectivity index (χ0v) is 10.6. The maximum absolute atomic E-state index is 11.7. The minimum Gasteiger partial charge on any atom is -0.489 e. The van der Waals surface area contributed by atoms with Gasteiger partial charge in [-0.15, -0.1) is 0 Å². The van der Waals surface area contributed by atoms with Crippen molar-refractivity contribution in [3.05, 3.63) is 42.0 Å². The summed E-state index contributed by atoms with van der Waals surface area (Å²) in [6, 6.07) is 7.23. The van der Waals surface area contributed by atoms with E-state index in [0.29, 0.717) is 12.2 Å². The number of nitrogens with one attached hydrogen (secondary N) is 1. The predicted octanol–water partition coefficient (Wildman–Crippen LogP) is 2.78. The van der Waals surface area contributed by atoms with Crippen LogP contribution in [0.3, 0.4) is 0 Å². The number of amides is 1. The molecule has 0 atom stereocenters. The van der Waals surface area contributed by atoms with Crippen molar-refractivity contribution in [3.63, 3.8) is 0 Å². The van der Waals surface area contributed by atoms with Gasteiger partial charge in [0.25, 0.3) is 5.91 Å². The lowest BCUT2D eigenvalue weighted by Crippen LogP contribution is -2.29. The van der Waals surface area contributed by atoms with E-state index in [9.17, 15) is 4.79 Å². The number of ether oxygens (including phenoxy) is 1. The third-order valence-corrected chi connectivity index (χ3v) is 2.02. The van der Waals surface area contributed by atoms with Crippen LogP contribution in [0.15, 0.2) is 36.4 Å². The Bertz CT molecular complexity index is 393. The molecule has 1 N–H and O–H groups in total. The fourth-order valence-electron chi connectivity index (χ4n) is 1.25. The molecule has 1 aromatic carbocycles. The van der Waals surface area contributed by atoms with Gasteiger partial charge in [-0.3, -0.25) is 4.79 Å². The Morgan fingerprint density at radius 2 is 1.94 bits per heavy atom. The highest BCUT2D eigenvalue weighted by molar-refractivity contribution is 5.94. The summed E-state index contributed by atoms with van der Waals surface area (Å²) < 4.78 is 5.45. The average Bonchev–Trinajstić information content (AvgIpc) is 2.26. The number of hydrogen-bond donors (Lipinski definition) is 1. The molecule has 0 unspecified atom stereocenters. The van der Waals surface area contributed by atoms with Gasteiger partial charge in [-0.1, -0.05) is 6.58 Å². The Kier molecular flexibility index (Phi) is 4.76. The zero-order valence-electron chi connectivity index (χ0n) is 10.6. The summed E-state index contributed by atoms with van der Waals surface area (Å²) in [7, 11) is 0. The molecule has 0 aliphatic rings. The summed E-state index contributed by atoms with van der Waals surface area (Å²) in [6.07, 6.45) is 0. The quantitative estimate of drug-likeness (QED) is 0.794. The molecular formula is C14H19NO2. The van der Waals surface area contributed by atoms with Crippen molar-refractivity contribution in [1.29, 1.82) is 0 Å². The summed E-state index contributed by atoms with van der Waals surface area (Å²) in [6.45, 7) is 10.0. The lowest BCUT2D eigenvalue weighted by Gasteiger charge is -2.09. The molecule has 1 aromatic rings. The van der Waals surface area contributed by atoms with E-state index in [1.54, 1.807) is 24.3 Å². The van der Waals surface area contributed by atoms with Gasteiger partial charge in [0.1, 0.15) is 12.4 Å². The molecule has 0 aromatic heterocycles. The van der Waals surface area contributed by atoms with Gasteiger partial charge in [-0.25, -0.2) is 0 Å². The van der Waals surface area contributed by atoms with E-state index < -0.39 is 0 Å². The van der Waals surface area contributed by atoms with Crippen LogP contribution in [0, 0.1) is 0 Å². The first-order valence-corrected chi connectivity index (χ1v) is 5.67. The van der Waals surface area contributed by atoms with Crippen LogP contribution in [-0.2, 0) is 0 Å². The van der Waals surface area contributed by atoms with E-state index in [1.807, 2.05) is 20.8 Å². The molecule has 0 saturated heterocycles. The molecule has 0 saturated carbocycles. The lowest BCUT2D eigenvalue weighted by atomic mass is 10.2. The Balaban J connectivity index is 2.61. The molecule has 0 heterocycles. The molecule has 1 rings (SSSR count). The topological polar surface area (TPSA) is 38.3 Å². The maximum Gasteiger partial charge on any atom is 0.251 e. The standard InChI is InChI=1S/C14H19NO2/c1-10(2)9-17-13-7-5-12(6-8-13)14(16)15-11(3)4/h5-8,11H,1,9H2,2-4H3,(H,15,16). The molecule has 0 aliphatic heterocycles. The van der Waals surface area contributed by atoms with Crippen LogP contribution >= 0.6 is 0 Å². The fourth-order valence-corrected chi connectivity index (χ4v) is 1.25. The van der Waals surface area contributed by atoms with Crippen LogP contribution in [-0.4, -0.2) is 18.6 Å². The first kappa shape index (κ1) is 13.3. The van der Waals surface area contributed by atoms with Gasteiger partial charge in [0.15, 0.2) is 0 Å². The molecule has 17 heavy (non-hydrogen) atoms. The first-order chi connectivity index (χ1) is 7.99. The molecule has 0 bridgehead atoms. The van der Waals surface area contributed by atoms with Gasteiger partial charge >= 0.3 is 0 Å². The van der Waals surface area contributed by atoms with Gasteiger partial charge in [0, 0.05) is 11.6 Å². The predicted molar refractivity (Wildman–Crippen MR) is 69.4 cm³/mol. The number of rotatable bonds is 5. The van der Waals surface area contributed by atoms with Gasteiger partial charge < -0.3 is 10.1 Å². The van der Waals surface area contributed by atoms with Crippen LogP contribution in [0.1, 0.15) is 31.1 Å². The van der Waals surface area contributed by atoms with Crippen LogP contribution in [0.5, 0.6) is 5.75 Å². The largest absolute Gasteiger partial charge is 0.489 e. The smallest absolute Gasteiger partial charge is 0.251 e. The highest BCUT2D eigenvalue weighted by Crippen LogP contribution is 2.13. The second-order valence-electron chi connectivity index (χ2n) is 4.40. The van der Waals surface area contributed by atoms with Crippen LogP contribution in [0.4, 0.5) is 0 Å². The summed E-state index contributed by atoms with van der Waals surface area (Å²) in [5, 5.41) is 2.83. The van der Waals surface area contributed by atoms with Crippen LogP contribution in [0.25, 0.3) is 0 Å². The van der Waals surface area contributed by atoms with Crippen molar-refractivity contribution in [3.8, 4) is 5.75 Å². The van der Waals surface area contributed by atoms with E-state index in [4.69, 9.17) is 4.74 Å². The Hall–Kier alpha value is -1.77. The number of carbonyl (C=O) groups excluding carboxylic acids is 1. The minimum absolute atomic E-state index is 0.0635. The van der Waals surface area contributed by atoms with Crippen LogP contribution < -0.4 is 10.1 Å². The van der Waals surface area contributed by atoms with Crippen LogP contribution in [0.2, 0.25) is 0 Å². The third-order valence-electron chi connectivity index (χ3n) is 2.02. The molecule has 0 aliphatic carbocycles. The summed E-state index contributed by atoms with van der Waals surface area (Å²) >= 11 is 0. The molecular weight excluding hydrogens is 214 g/mol. The molecule has 1 amide bonds. The van der Waals surface area contributed by atoms with E-state index in [0.717, 1.165) is 11.3 Å². The second kappa shape index (κ2) is 6.09. The van der Waals surface area contributed by atoms with Gasteiger partial charge in [-0.05, 0) is 50.6 Å². The van der Waals surface area contributed by atoms with E-state index in [1.165, 1.54) is 0 Å². The Morgan fingerprint density at radius 3 is 2.41 bits per heavy atom. The van der Waals surface area contributed by atoms with E-state index >= 15 is 0 Å². The zero-order chi connectivity index (χ0) is 12.8. The third kappa shape index (κ3) is 4.72. The molecule has 3 nitrogen and oxygen atoms in total. The molecule has 3 heteroatoms. The van der Waals surface area contributed by atoms with Crippen molar-refractivity contribution in [2.75, 3.05) is 6.61 Å². The van der Waals surface area contributed by atoms with Crippen molar-refractivity contribution in [2.24, 2.45) is 0 Å². The van der Waals surface area contributed by atoms with Gasteiger partial charge in [-0.2, -0.15) is 0 Å². The van der Waals surface area contributed by atoms with Crippen molar-refractivity contribution in [2.45, 2.75) is 26.8 Å². The van der Waals surface area contributed by atoms with Crippen molar-refractivity contribution in [1.82, 2.24) is 5.32 Å². The van der Waals surface area contributed by atoms with Crippen molar-refractivity contribution < 1.29 is 9.53 Å². The number of hydrogen-bond acceptors (Lipinski definition) is 2. The second-order valence-corrected chi connectivity index (χ2v) is 4.40. The number of carbonyl (C=O) groups is 1. The summed E-state index contributed by atoms with van der Waals surface area (Å²) in [4.78, 5) is 11.7. The highest BCUT2D eigenvalue weighted by Gasteiger charge is 2.06.